The van der Waals surface area contributed by atoms with Crippen molar-refractivity contribution in [1.29, 1.82) is 0 Å². The van der Waals surface area contributed by atoms with Gasteiger partial charge in [0.25, 0.3) is 0 Å². The highest BCUT2D eigenvalue weighted by Crippen LogP contribution is 2.64. The van der Waals surface area contributed by atoms with Crippen LogP contribution in [-0.4, -0.2) is 47.3 Å². The number of aliphatic hydroxyl groups is 1. The third-order valence-corrected chi connectivity index (χ3v) is 10.5. The Balaban J connectivity index is 1.07. The molecule has 4 atom stereocenters. The van der Waals surface area contributed by atoms with Crippen LogP contribution in [0.25, 0.3) is 0 Å². The molecule has 222 valence electrons. The molecule has 1 aromatic rings. The maximum atomic E-state index is 12.9. The highest BCUT2D eigenvalue weighted by Gasteiger charge is 2.71. The van der Waals surface area contributed by atoms with Crippen LogP contribution in [0.4, 0.5) is 0 Å². The molecule has 1 N–H and O–H groups in total. The summed E-state index contributed by atoms with van der Waals surface area (Å²) in [5.74, 6) is 1.36. The second-order valence-corrected chi connectivity index (χ2v) is 13.2. The molecule has 0 amide bonds. The van der Waals surface area contributed by atoms with Crippen molar-refractivity contribution >= 4 is 5.97 Å². The Morgan fingerprint density at radius 2 is 1.62 bits per heavy atom. The van der Waals surface area contributed by atoms with Gasteiger partial charge in [0.15, 0.2) is 6.10 Å². The molecule has 4 aliphatic rings. The number of benzene rings is 1. The maximum absolute atomic E-state index is 12.9. The number of aryl methyl sites for hydroxylation is 1. The molecule has 5 heteroatoms. The van der Waals surface area contributed by atoms with E-state index >= 15 is 0 Å². The third-order valence-electron chi connectivity index (χ3n) is 10.5. The fourth-order valence-corrected chi connectivity index (χ4v) is 8.23. The number of carbonyl (C=O) groups is 1. The summed E-state index contributed by atoms with van der Waals surface area (Å²) in [6.45, 7) is 5.26. The lowest BCUT2D eigenvalue weighted by molar-refractivity contribution is -0.169. The van der Waals surface area contributed by atoms with E-state index < -0.39 is 17.1 Å². The number of likely N-dealkylation sites (tertiary alicyclic amines) is 1. The van der Waals surface area contributed by atoms with Gasteiger partial charge in [-0.2, -0.15) is 0 Å². The number of unbranched alkanes of at least 4 members (excludes halogenated alkanes) is 13. The summed E-state index contributed by atoms with van der Waals surface area (Å²) in [6, 6.07) is 4.39. The first-order valence-corrected chi connectivity index (χ1v) is 16.6. The van der Waals surface area contributed by atoms with Crippen LogP contribution in [0.5, 0.6) is 5.75 Å². The molecule has 2 aliphatic heterocycles. The predicted octanol–water partition coefficient (Wildman–Crippen LogP) is 7.69. The fraction of sp³-hybridized carbons (Fsp3) is 0.743. The van der Waals surface area contributed by atoms with Crippen molar-refractivity contribution < 1.29 is 19.4 Å². The van der Waals surface area contributed by atoms with E-state index in [4.69, 9.17) is 9.47 Å². The Bertz CT molecular complexity index is 1070. The van der Waals surface area contributed by atoms with E-state index in [1.165, 1.54) is 88.2 Å². The number of ether oxygens (including phenoxy) is 2. The Hall–Kier alpha value is -1.85. The van der Waals surface area contributed by atoms with Crippen LogP contribution in [0.1, 0.15) is 133 Å². The molecule has 5 nitrogen and oxygen atoms in total. The van der Waals surface area contributed by atoms with Gasteiger partial charge in [0.05, 0.1) is 11.0 Å². The summed E-state index contributed by atoms with van der Waals surface area (Å²) >= 11 is 0. The predicted molar refractivity (Wildman–Crippen MR) is 161 cm³/mol. The topological polar surface area (TPSA) is 59.0 Å². The Kier molecular flexibility index (Phi) is 9.62. The Morgan fingerprint density at radius 3 is 2.27 bits per heavy atom. The summed E-state index contributed by atoms with van der Waals surface area (Å²) < 4.78 is 12.7. The number of esters is 1. The molecule has 1 spiro atoms. The van der Waals surface area contributed by atoms with Crippen molar-refractivity contribution in [1.82, 2.24) is 4.90 Å². The van der Waals surface area contributed by atoms with E-state index in [2.05, 4.69) is 37.9 Å². The third kappa shape index (κ3) is 5.50. The molecule has 2 heterocycles. The fourth-order valence-electron chi connectivity index (χ4n) is 8.23. The van der Waals surface area contributed by atoms with Crippen LogP contribution < -0.4 is 4.74 Å². The van der Waals surface area contributed by atoms with E-state index in [0.29, 0.717) is 18.6 Å². The van der Waals surface area contributed by atoms with Crippen molar-refractivity contribution in [2.75, 3.05) is 13.6 Å². The SMILES string of the molecule is CCCCCCCCCCCCCCCCC(=O)OC1=CC[C@@]2(O)[C@H]3Cc4ccc(C)c5c4[C@@]2(CCN3C)[C@H]1O5. The molecule has 0 radical (unpaired) electrons. The van der Waals surface area contributed by atoms with Crippen molar-refractivity contribution in [3.05, 3.63) is 40.7 Å². The average Bonchev–Trinajstić information content (AvgIpc) is 3.30. The number of carbonyl (C=O) groups excluding carboxylic acids is 1. The molecule has 1 aromatic carbocycles. The van der Waals surface area contributed by atoms with Gasteiger partial charge in [0, 0.05) is 24.4 Å². The van der Waals surface area contributed by atoms with E-state index in [9.17, 15) is 9.90 Å². The molecule has 40 heavy (non-hydrogen) atoms. The monoisotopic (exact) mass is 551 g/mol. The molecule has 5 rings (SSSR count). The van der Waals surface area contributed by atoms with Crippen LogP contribution in [-0.2, 0) is 21.4 Å². The van der Waals surface area contributed by atoms with Gasteiger partial charge < -0.3 is 19.5 Å². The zero-order valence-corrected chi connectivity index (χ0v) is 25.4. The van der Waals surface area contributed by atoms with Crippen molar-refractivity contribution in [3.8, 4) is 5.75 Å². The molecule has 1 fully saturated rings. The van der Waals surface area contributed by atoms with Gasteiger partial charge in [-0.15, -0.1) is 0 Å². The Labute approximate surface area is 242 Å². The molecule has 2 aliphatic carbocycles. The van der Waals surface area contributed by atoms with Gasteiger partial charge in [-0.1, -0.05) is 103 Å². The van der Waals surface area contributed by atoms with Crippen LogP contribution in [0, 0.1) is 6.92 Å². The van der Waals surface area contributed by atoms with Gasteiger partial charge in [0.1, 0.15) is 11.5 Å². The molecule has 2 bridgehead atoms. The molecule has 1 saturated heterocycles. The summed E-state index contributed by atoms with van der Waals surface area (Å²) in [7, 11) is 2.12. The smallest absolute Gasteiger partial charge is 0.310 e. The summed E-state index contributed by atoms with van der Waals surface area (Å²) in [5.41, 5.74) is 2.09. The molecule has 0 aromatic heterocycles. The van der Waals surface area contributed by atoms with Crippen molar-refractivity contribution in [2.45, 2.75) is 153 Å². The first-order chi connectivity index (χ1) is 19.4. The van der Waals surface area contributed by atoms with E-state index in [0.717, 1.165) is 43.5 Å². The van der Waals surface area contributed by atoms with Gasteiger partial charge in [-0.3, -0.25) is 4.79 Å². The summed E-state index contributed by atoms with van der Waals surface area (Å²) in [5, 5.41) is 12.3. The largest absolute Gasteiger partial charge is 0.481 e. The summed E-state index contributed by atoms with van der Waals surface area (Å²) in [6.07, 6.45) is 22.3. The zero-order chi connectivity index (χ0) is 28.2. The number of hydrogen-bond donors (Lipinski definition) is 1. The average molecular weight is 552 g/mol. The molecule has 0 unspecified atom stereocenters. The minimum absolute atomic E-state index is 0.0394. The molecular formula is C35H53NO4. The van der Waals surface area contributed by atoms with Crippen LogP contribution in [0.3, 0.4) is 0 Å². The number of nitrogens with zero attached hydrogens (tertiary/aromatic N) is 1. The highest BCUT2D eigenvalue weighted by molar-refractivity contribution is 5.71. The molecular weight excluding hydrogens is 498 g/mol. The zero-order valence-electron chi connectivity index (χ0n) is 25.4. The lowest BCUT2D eigenvalue weighted by Crippen LogP contribution is -2.74. The first kappa shape index (κ1) is 29.6. The van der Waals surface area contributed by atoms with Crippen molar-refractivity contribution in [2.24, 2.45) is 0 Å². The lowest BCUT2D eigenvalue weighted by Gasteiger charge is -2.61. The number of likely N-dealkylation sites (N-methyl/N-ethyl adjacent to an activating group) is 1. The summed E-state index contributed by atoms with van der Waals surface area (Å²) in [4.78, 5) is 15.2. The Morgan fingerprint density at radius 1 is 1.00 bits per heavy atom. The maximum Gasteiger partial charge on any atom is 0.310 e. The minimum atomic E-state index is -0.915. The van der Waals surface area contributed by atoms with Gasteiger partial charge >= 0.3 is 5.97 Å². The van der Waals surface area contributed by atoms with Crippen LogP contribution >= 0.6 is 0 Å². The van der Waals surface area contributed by atoms with Gasteiger partial charge in [-0.05, 0) is 57.0 Å². The van der Waals surface area contributed by atoms with E-state index in [1.54, 1.807) is 0 Å². The second-order valence-electron chi connectivity index (χ2n) is 13.2. The second kappa shape index (κ2) is 13.0. The molecule has 0 saturated carbocycles. The minimum Gasteiger partial charge on any atom is -0.481 e. The lowest BCUT2D eigenvalue weighted by atomic mass is 9.50. The number of piperidine rings is 1. The highest BCUT2D eigenvalue weighted by atomic mass is 16.6. The standard InChI is InChI=1S/C35H53NO4/c1-4-5-6-7-8-9-10-11-12-13-14-15-16-17-18-30(37)39-28-21-22-35(38)29-25-27-20-19-26(2)32-31(27)34(35,33(28)40-32)23-24-36(29)3/h19-21,29,33,38H,4-18,22-25H2,1-3H3/t29-,33+,34+,35-/m1/s1. The van der Waals surface area contributed by atoms with Gasteiger partial charge in [0.2, 0.25) is 0 Å². The van der Waals surface area contributed by atoms with E-state index in [-0.39, 0.29) is 12.0 Å². The van der Waals surface area contributed by atoms with Crippen molar-refractivity contribution in [3.63, 3.8) is 0 Å². The normalized spacial score (nSPS) is 28.1. The van der Waals surface area contributed by atoms with Gasteiger partial charge in [-0.25, -0.2) is 0 Å². The van der Waals surface area contributed by atoms with E-state index in [1.807, 2.05) is 6.08 Å². The first-order valence-electron chi connectivity index (χ1n) is 16.6. The van der Waals surface area contributed by atoms with Crippen LogP contribution in [0.2, 0.25) is 0 Å². The number of rotatable bonds is 16. The quantitative estimate of drug-likeness (QED) is 0.169. The number of hydrogen-bond acceptors (Lipinski definition) is 5. The van der Waals surface area contributed by atoms with Crippen LogP contribution in [0.15, 0.2) is 24.0 Å².